The molecule has 0 saturated carbocycles. The average Bonchev–Trinajstić information content (AvgIpc) is 3.00. The molecule has 1 aromatic carbocycles. The van der Waals surface area contributed by atoms with Gasteiger partial charge in [-0.25, -0.2) is 4.79 Å². The van der Waals surface area contributed by atoms with E-state index in [1.54, 1.807) is 34.3 Å². The van der Waals surface area contributed by atoms with E-state index in [0.29, 0.717) is 36.8 Å². The molecule has 0 unspecified atom stereocenters. The predicted octanol–water partition coefficient (Wildman–Crippen LogP) is 2.46. The maximum Gasteiger partial charge on any atom is 0.317 e. The summed E-state index contributed by atoms with van der Waals surface area (Å²) in [5.41, 5.74) is 3.32. The Morgan fingerprint density at radius 1 is 1.16 bits per heavy atom. The molecule has 1 N–H and O–H groups in total. The quantitative estimate of drug-likeness (QED) is 0.918. The van der Waals surface area contributed by atoms with Gasteiger partial charge in [-0.3, -0.25) is 9.78 Å². The van der Waals surface area contributed by atoms with E-state index in [1.807, 2.05) is 12.1 Å². The smallest absolute Gasteiger partial charge is 0.317 e. The number of carbonyl (C=O) groups is 2. The number of carbonyl (C=O) groups excluding carboxylic acids is 2. The summed E-state index contributed by atoms with van der Waals surface area (Å²) in [6.45, 7) is 2.41. The standard InChI is InChI=1S/C18H17ClN4O2/c19-14-1-2-16-13(8-14)3-5-23(17(16)24)15-7-12(9-20-10-15)11-22-6-4-21-18(22)25/h1-2,7-10H,3-6,11H2,(H,21,25). The van der Waals surface area contributed by atoms with Crippen molar-refractivity contribution >= 4 is 29.2 Å². The van der Waals surface area contributed by atoms with Gasteiger partial charge in [-0.2, -0.15) is 0 Å². The van der Waals surface area contributed by atoms with Gasteiger partial charge in [-0.05, 0) is 41.8 Å². The molecule has 0 bridgehead atoms. The zero-order valence-electron chi connectivity index (χ0n) is 13.5. The minimum absolute atomic E-state index is 0.0456. The van der Waals surface area contributed by atoms with Gasteiger partial charge in [-0.15, -0.1) is 0 Å². The Kier molecular flexibility index (Phi) is 4.05. The first-order valence-corrected chi connectivity index (χ1v) is 8.56. The second-order valence-corrected chi connectivity index (χ2v) is 6.65. The Hall–Kier alpha value is -2.60. The molecule has 0 radical (unpaired) electrons. The van der Waals surface area contributed by atoms with Crippen LogP contribution in [0.5, 0.6) is 0 Å². The monoisotopic (exact) mass is 356 g/mol. The second-order valence-electron chi connectivity index (χ2n) is 6.21. The SMILES string of the molecule is O=C1NCCN1Cc1cncc(N2CCc3cc(Cl)ccc3C2=O)c1. The van der Waals surface area contributed by atoms with Crippen LogP contribution in [0.4, 0.5) is 10.5 Å². The minimum Gasteiger partial charge on any atom is -0.336 e. The molecule has 1 aromatic heterocycles. The van der Waals surface area contributed by atoms with E-state index in [4.69, 9.17) is 11.6 Å². The van der Waals surface area contributed by atoms with Gasteiger partial charge in [0.05, 0.1) is 11.9 Å². The summed E-state index contributed by atoms with van der Waals surface area (Å²) in [6.07, 6.45) is 4.17. The highest BCUT2D eigenvalue weighted by Crippen LogP contribution is 2.27. The van der Waals surface area contributed by atoms with E-state index in [1.165, 1.54) is 0 Å². The number of anilines is 1. The third kappa shape index (κ3) is 3.05. The number of nitrogens with one attached hydrogen (secondary N) is 1. The summed E-state index contributed by atoms with van der Waals surface area (Å²) < 4.78 is 0. The van der Waals surface area contributed by atoms with Crippen molar-refractivity contribution in [3.8, 4) is 0 Å². The number of urea groups is 1. The maximum absolute atomic E-state index is 12.8. The van der Waals surface area contributed by atoms with E-state index in [0.717, 1.165) is 23.2 Å². The molecular formula is C18H17ClN4O2. The molecule has 1 fully saturated rings. The fourth-order valence-electron chi connectivity index (χ4n) is 3.29. The Morgan fingerprint density at radius 3 is 2.84 bits per heavy atom. The van der Waals surface area contributed by atoms with E-state index in [-0.39, 0.29) is 11.9 Å². The molecule has 0 atom stereocenters. The average molecular weight is 357 g/mol. The zero-order chi connectivity index (χ0) is 17.4. The lowest BCUT2D eigenvalue weighted by atomic mass is 9.98. The highest BCUT2D eigenvalue weighted by atomic mass is 35.5. The fraction of sp³-hybridized carbons (Fsp3) is 0.278. The molecule has 0 spiro atoms. The van der Waals surface area contributed by atoms with Crippen LogP contribution < -0.4 is 10.2 Å². The van der Waals surface area contributed by atoms with Crippen LogP contribution in [0.3, 0.4) is 0 Å². The Labute approximate surface area is 150 Å². The summed E-state index contributed by atoms with van der Waals surface area (Å²) in [7, 11) is 0. The Balaban J connectivity index is 1.58. The highest BCUT2D eigenvalue weighted by molar-refractivity contribution is 6.30. The lowest BCUT2D eigenvalue weighted by Gasteiger charge is -2.29. The number of hydrogen-bond acceptors (Lipinski definition) is 3. The molecular weight excluding hydrogens is 340 g/mol. The molecule has 2 aliphatic rings. The van der Waals surface area contributed by atoms with Crippen molar-refractivity contribution in [1.29, 1.82) is 0 Å². The van der Waals surface area contributed by atoms with Crippen molar-refractivity contribution in [1.82, 2.24) is 15.2 Å². The number of rotatable bonds is 3. The van der Waals surface area contributed by atoms with Gasteiger partial charge in [0.2, 0.25) is 0 Å². The molecule has 7 heteroatoms. The number of benzene rings is 1. The van der Waals surface area contributed by atoms with Crippen molar-refractivity contribution in [2.45, 2.75) is 13.0 Å². The van der Waals surface area contributed by atoms with Crippen LogP contribution in [0.15, 0.2) is 36.7 Å². The van der Waals surface area contributed by atoms with Gasteiger partial charge >= 0.3 is 6.03 Å². The van der Waals surface area contributed by atoms with Crippen LogP contribution in [0.25, 0.3) is 0 Å². The molecule has 1 saturated heterocycles. The number of nitrogens with zero attached hydrogens (tertiary/aromatic N) is 3. The van der Waals surface area contributed by atoms with Crippen molar-refractivity contribution in [2.75, 3.05) is 24.5 Å². The maximum atomic E-state index is 12.8. The summed E-state index contributed by atoms with van der Waals surface area (Å²) in [5, 5.41) is 3.43. The Morgan fingerprint density at radius 2 is 2.04 bits per heavy atom. The van der Waals surface area contributed by atoms with Crippen molar-refractivity contribution in [2.24, 2.45) is 0 Å². The Bertz CT molecular complexity index is 855. The molecule has 3 heterocycles. The van der Waals surface area contributed by atoms with Gasteiger partial charge in [0.1, 0.15) is 0 Å². The summed E-state index contributed by atoms with van der Waals surface area (Å²) in [6, 6.07) is 7.23. The van der Waals surface area contributed by atoms with Crippen molar-refractivity contribution in [3.63, 3.8) is 0 Å². The molecule has 4 rings (SSSR count). The summed E-state index contributed by atoms with van der Waals surface area (Å²) >= 11 is 6.02. The molecule has 0 aliphatic carbocycles. The highest BCUT2D eigenvalue weighted by Gasteiger charge is 2.26. The van der Waals surface area contributed by atoms with Crippen LogP contribution in [0.2, 0.25) is 5.02 Å². The van der Waals surface area contributed by atoms with Crippen LogP contribution in [0.1, 0.15) is 21.5 Å². The van der Waals surface area contributed by atoms with Crippen LogP contribution >= 0.6 is 11.6 Å². The van der Waals surface area contributed by atoms with Gasteiger partial charge in [0, 0.05) is 43.0 Å². The number of halogens is 1. The predicted molar refractivity (Wildman–Crippen MR) is 94.9 cm³/mol. The third-order valence-corrected chi connectivity index (χ3v) is 4.79. The normalized spacial score (nSPS) is 16.8. The van der Waals surface area contributed by atoms with Gasteiger partial charge in [0.25, 0.3) is 5.91 Å². The van der Waals surface area contributed by atoms with Crippen LogP contribution in [-0.2, 0) is 13.0 Å². The number of hydrogen-bond donors (Lipinski definition) is 1. The molecule has 3 amide bonds. The number of fused-ring (bicyclic) bond motifs is 1. The summed E-state index contributed by atoms with van der Waals surface area (Å²) in [5.74, 6) is -0.0456. The lowest BCUT2D eigenvalue weighted by Crippen LogP contribution is -2.37. The molecule has 2 aliphatic heterocycles. The van der Waals surface area contributed by atoms with Gasteiger partial charge in [0.15, 0.2) is 0 Å². The fourth-order valence-corrected chi connectivity index (χ4v) is 3.49. The third-order valence-electron chi connectivity index (χ3n) is 4.56. The second kappa shape index (κ2) is 6.37. The summed E-state index contributed by atoms with van der Waals surface area (Å²) in [4.78, 5) is 32.2. The molecule has 25 heavy (non-hydrogen) atoms. The molecule has 128 valence electrons. The number of amides is 3. The van der Waals surface area contributed by atoms with Crippen molar-refractivity contribution < 1.29 is 9.59 Å². The van der Waals surface area contributed by atoms with E-state index in [2.05, 4.69) is 10.3 Å². The lowest BCUT2D eigenvalue weighted by molar-refractivity contribution is 0.0980. The zero-order valence-corrected chi connectivity index (χ0v) is 14.3. The first-order valence-electron chi connectivity index (χ1n) is 8.19. The van der Waals surface area contributed by atoms with Crippen LogP contribution in [0, 0.1) is 0 Å². The van der Waals surface area contributed by atoms with E-state index < -0.39 is 0 Å². The van der Waals surface area contributed by atoms with E-state index in [9.17, 15) is 9.59 Å². The van der Waals surface area contributed by atoms with Crippen molar-refractivity contribution in [3.05, 3.63) is 58.4 Å². The largest absolute Gasteiger partial charge is 0.336 e. The number of pyridine rings is 1. The van der Waals surface area contributed by atoms with E-state index >= 15 is 0 Å². The molecule has 6 nitrogen and oxygen atoms in total. The molecule has 2 aromatic rings. The van der Waals surface area contributed by atoms with Gasteiger partial charge < -0.3 is 15.1 Å². The first-order chi connectivity index (χ1) is 12.1. The minimum atomic E-state index is -0.0646. The van der Waals surface area contributed by atoms with Gasteiger partial charge in [-0.1, -0.05) is 11.6 Å². The number of aromatic nitrogens is 1. The topological polar surface area (TPSA) is 65.5 Å². The van der Waals surface area contributed by atoms with Crippen LogP contribution in [-0.4, -0.2) is 41.5 Å². The first kappa shape index (κ1) is 15.9.